The molecule has 0 saturated carbocycles. The molecule has 6 rings (SSSR count). The van der Waals surface area contributed by atoms with E-state index < -0.39 is 10.0 Å². The van der Waals surface area contributed by atoms with Crippen molar-refractivity contribution in [2.75, 3.05) is 40.5 Å². The highest BCUT2D eigenvalue weighted by Gasteiger charge is 2.26. The molecule has 1 saturated heterocycles. The van der Waals surface area contributed by atoms with Crippen molar-refractivity contribution in [2.45, 2.75) is 4.90 Å². The first kappa shape index (κ1) is 28.7. The minimum Gasteiger partial charge on any atom is -0.502 e. The first-order chi connectivity index (χ1) is 20.9. The third kappa shape index (κ3) is 5.79. The van der Waals surface area contributed by atoms with Crippen molar-refractivity contribution in [1.82, 2.24) is 8.98 Å². The SMILES string of the molecule is COc1cc(C=Nn2c(-c3cc4ccccc4o3)csc2=Nc2ccc(S(=O)(=O)N3CCOCC3)cc2)cc(OC)c1O. The van der Waals surface area contributed by atoms with Crippen molar-refractivity contribution in [3.05, 3.63) is 82.5 Å². The third-order valence-corrected chi connectivity index (χ3v) is 9.59. The van der Waals surface area contributed by atoms with E-state index in [2.05, 4.69) is 0 Å². The number of phenols is 1. The Labute approximate surface area is 251 Å². The fourth-order valence-corrected chi connectivity index (χ4v) is 6.86. The summed E-state index contributed by atoms with van der Waals surface area (Å²) in [4.78, 5) is 5.50. The molecule has 0 spiro atoms. The van der Waals surface area contributed by atoms with E-state index in [1.165, 1.54) is 29.9 Å². The van der Waals surface area contributed by atoms with Gasteiger partial charge in [-0.05, 0) is 48.5 Å². The summed E-state index contributed by atoms with van der Waals surface area (Å²) in [5.74, 6) is 0.975. The van der Waals surface area contributed by atoms with Crippen molar-refractivity contribution in [3.8, 4) is 28.7 Å². The molecule has 3 aromatic carbocycles. The normalized spacial score (nSPS) is 15.0. The van der Waals surface area contributed by atoms with E-state index in [0.29, 0.717) is 53.8 Å². The van der Waals surface area contributed by atoms with Crippen LogP contribution >= 0.6 is 11.3 Å². The predicted octanol–water partition coefficient (Wildman–Crippen LogP) is 4.82. The monoisotopic (exact) mass is 620 g/mol. The van der Waals surface area contributed by atoms with Crippen LogP contribution in [0.25, 0.3) is 22.4 Å². The van der Waals surface area contributed by atoms with Gasteiger partial charge in [-0.3, -0.25) is 0 Å². The summed E-state index contributed by atoms with van der Waals surface area (Å²) in [5.41, 5.74) is 2.57. The molecule has 0 amide bonds. The Morgan fingerprint density at radius 2 is 1.67 bits per heavy atom. The standard InChI is InChI=1S/C30H28N4O7S2/c1-38-27-15-20(16-28(39-2)29(27)35)18-31-34-24(26-17-21-5-3-4-6-25(21)41-26)19-42-30(34)32-22-7-9-23(10-8-22)43(36,37)33-11-13-40-14-12-33/h3-10,15-19,35H,11-14H2,1-2H3. The minimum atomic E-state index is -3.62. The topological polar surface area (TPSA) is 128 Å². The molecule has 11 nitrogen and oxygen atoms in total. The van der Waals surface area contributed by atoms with Crippen LogP contribution in [0.1, 0.15) is 5.56 Å². The predicted molar refractivity (Wildman–Crippen MR) is 163 cm³/mol. The van der Waals surface area contributed by atoms with Crippen LogP contribution in [0, 0.1) is 0 Å². The van der Waals surface area contributed by atoms with Gasteiger partial charge in [0.1, 0.15) is 11.3 Å². The summed E-state index contributed by atoms with van der Waals surface area (Å²) in [6.07, 6.45) is 1.60. The minimum absolute atomic E-state index is 0.108. The maximum atomic E-state index is 13.1. The van der Waals surface area contributed by atoms with Crippen molar-refractivity contribution < 1.29 is 32.2 Å². The Morgan fingerprint density at radius 3 is 2.35 bits per heavy atom. The summed E-state index contributed by atoms with van der Waals surface area (Å²) >= 11 is 1.35. The number of benzene rings is 3. The van der Waals surface area contributed by atoms with Gasteiger partial charge in [-0.15, -0.1) is 11.3 Å². The number of rotatable bonds is 8. The number of hydrogen-bond donors (Lipinski definition) is 1. The van der Waals surface area contributed by atoms with Crippen LogP contribution in [0.4, 0.5) is 5.69 Å². The maximum absolute atomic E-state index is 13.1. The fourth-order valence-electron chi connectivity index (χ4n) is 4.62. The number of methoxy groups -OCH3 is 2. The lowest BCUT2D eigenvalue weighted by Crippen LogP contribution is -2.40. The molecule has 222 valence electrons. The zero-order chi connectivity index (χ0) is 30.0. The molecule has 1 N–H and O–H groups in total. The number of morpholine rings is 1. The third-order valence-electron chi connectivity index (χ3n) is 6.86. The quantitative estimate of drug-likeness (QED) is 0.246. The van der Waals surface area contributed by atoms with Crippen LogP contribution in [0.2, 0.25) is 0 Å². The molecule has 0 aliphatic carbocycles. The molecular formula is C30H28N4O7S2. The molecule has 2 aromatic heterocycles. The summed E-state index contributed by atoms with van der Waals surface area (Å²) < 4.78 is 51.2. The average Bonchev–Trinajstić information content (AvgIpc) is 3.65. The number of furan rings is 1. The molecule has 5 aromatic rings. The Hall–Kier alpha value is -4.43. The van der Waals surface area contributed by atoms with E-state index in [1.54, 1.807) is 47.3 Å². The Morgan fingerprint density at radius 1 is 0.977 bits per heavy atom. The molecule has 0 bridgehead atoms. The highest BCUT2D eigenvalue weighted by Crippen LogP contribution is 2.36. The van der Waals surface area contributed by atoms with Gasteiger partial charge < -0.3 is 23.7 Å². The van der Waals surface area contributed by atoms with Gasteiger partial charge >= 0.3 is 0 Å². The van der Waals surface area contributed by atoms with Crippen molar-refractivity contribution in [1.29, 1.82) is 0 Å². The van der Waals surface area contributed by atoms with Crippen LogP contribution < -0.4 is 14.3 Å². The zero-order valence-electron chi connectivity index (χ0n) is 23.3. The number of phenolic OH excluding ortho intramolecular Hbond substituents is 1. The van der Waals surface area contributed by atoms with Crippen LogP contribution in [-0.4, -0.2) is 69.2 Å². The van der Waals surface area contributed by atoms with Crippen molar-refractivity contribution in [3.63, 3.8) is 0 Å². The molecule has 43 heavy (non-hydrogen) atoms. The molecule has 1 aliphatic heterocycles. The number of nitrogens with zero attached hydrogens (tertiary/aromatic N) is 4. The van der Waals surface area contributed by atoms with E-state index in [9.17, 15) is 13.5 Å². The average molecular weight is 621 g/mol. The van der Waals surface area contributed by atoms with Gasteiger partial charge in [0.15, 0.2) is 17.3 Å². The number of ether oxygens (including phenoxy) is 3. The smallest absolute Gasteiger partial charge is 0.243 e. The molecule has 0 atom stereocenters. The van der Waals surface area contributed by atoms with E-state index in [-0.39, 0.29) is 22.1 Å². The number of para-hydroxylation sites is 1. The molecular weight excluding hydrogens is 592 g/mol. The zero-order valence-corrected chi connectivity index (χ0v) is 25.0. The van der Waals surface area contributed by atoms with Crippen molar-refractivity contribution >= 4 is 44.2 Å². The lowest BCUT2D eigenvalue weighted by atomic mass is 10.2. The van der Waals surface area contributed by atoms with Crippen molar-refractivity contribution in [2.24, 2.45) is 10.1 Å². The lowest BCUT2D eigenvalue weighted by molar-refractivity contribution is 0.0730. The number of aromatic nitrogens is 1. The Balaban J connectivity index is 1.41. The molecule has 1 aliphatic rings. The summed E-state index contributed by atoms with van der Waals surface area (Å²) in [7, 11) is -0.713. The maximum Gasteiger partial charge on any atom is 0.243 e. The number of sulfonamides is 1. The fraction of sp³-hybridized carbons (Fsp3) is 0.200. The van der Waals surface area contributed by atoms with Crippen LogP contribution in [0.15, 0.2) is 91.5 Å². The molecule has 0 radical (unpaired) electrons. The van der Waals surface area contributed by atoms with Gasteiger partial charge in [0, 0.05) is 29.4 Å². The largest absolute Gasteiger partial charge is 0.502 e. The number of hydrogen-bond acceptors (Lipinski definition) is 10. The van der Waals surface area contributed by atoms with E-state index >= 15 is 0 Å². The van der Waals surface area contributed by atoms with Crippen LogP contribution in [-0.2, 0) is 14.8 Å². The van der Waals surface area contributed by atoms with E-state index in [0.717, 1.165) is 11.0 Å². The number of fused-ring (bicyclic) bond motifs is 1. The highest BCUT2D eigenvalue weighted by atomic mass is 32.2. The molecule has 13 heteroatoms. The first-order valence-electron chi connectivity index (χ1n) is 13.3. The van der Waals surface area contributed by atoms with Gasteiger partial charge in [-0.1, -0.05) is 18.2 Å². The van der Waals surface area contributed by atoms with Gasteiger partial charge in [0.2, 0.25) is 20.6 Å². The van der Waals surface area contributed by atoms with Crippen LogP contribution in [0.5, 0.6) is 17.2 Å². The molecule has 3 heterocycles. The number of thiazole rings is 1. The highest BCUT2D eigenvalue weighted by molar-refractivity contribution is 7.89. The van der Waals surface area contributed by atoms with Gasteiger partial charge in [0.25, 0.3) is 0 Å². The summed E-state index contributed by atoms with van der Waals surface area (Å²) in [5, 5.41) is 17.9. The molecule has 1 fully saturated rings. The second-order valence-corrected chi connectivity index (χ2v) is 12.3. The second-order valence-electron chi connectivity index (χ2n) is 9.50. The van der Waals surface area contributed by atoms with E-state index in [1.807, 2.05) is 35.7 Å². The summed E-state index contributed by atoms with van der Waals surface area (Å²) in [6, 6.07) is 19.4. The lowest BCUT2D eigenvalue weighted by Gasteiger charge is -2.26. The van der Waals surface area contributed by atoms with Crippen LogP contribution in [0.3, 0.4) is 0 Å². The second kappa shape index (κ2) is 12.1. The van der Waals surface area contributed by atoms with E-state index in [4.69, 9.17) is 28.7 Å². The van der Waals surface area contributed by atoms with Gasteiger partial charge in [-0.2, -0.15) is 9.41 Å². The van der Waals surface area contributed by atoms with Gasteiger partial charge in [-0.25, -0.2) is 18.1 Å². The molecule has 0 unspecified atom stereocenters. The Kier molecular flexibility index (Phi) is 8.04. The van der Waals surface area contributed by atoms with Gasteiger partial charge in [0.05, 0.1) is 44.2 Å². The number of aromatic hydroxyl groups is 1. The summed E-state index contributed by atoms with van der Waals surface area (Å²) in [6.45, 7) is 1.40. The first-order valence-corrected chi connectivity index (χ1v) is 15.6. The Bertz CT molecular complexity index is 1910.